The van der Waals surface area contributed by atoms with Crippen LogP contribution in [0.15, 0.2) is 0 Å². The maximum absolute atomic E-state index is 13.4. The van der Waals surface area contributed by atoms with Gasteiger partial charge in [-0.15, -0.1) is 0 Å². The zero-order valence-electron chi connectivity index (χ0n) is 15.3. The van der Waals surface area contributed by atoms with Gasteiger partial charge in [0, 0.05) is 24.3 Å². The van der Waals surface area contributed by atoms with Crippen molar-refractivity contribution in [2.45, 2.75) is 75.6 Å². The summed E-state index contributed by atoms with van der Waals surface area (Å²) in [6.45, 7) is 0.865. The van der Waals surface area contributed by atoms with E-state index in [9.17, 15) is 14.7 Å². The summed E-state index contributed by atoms with van der Waals surface area (Å²) in [4.78, 5) is 26.5. The van der Waals surface area contributed by atoms with Crippen molar-refractivity contribution in [1.29, 1.82) is 0 Å². The normalized spacial score (nSPS) is 47.1. The van der Waals surface area contributed by atoms with Gasteiger partial charge < -0.3 is 24.9 Å². The van der Waals surface area contributed by atoms with Crippen LogP contribution in [-0.2, 0) is 14.3 Å². The maximum atomic E-state index is 13.4. The predicted octanol–water partition coefficient (Wildman–Crippen LogP) is -0.727. The number of rotatable bonds is 3. The molecule has 3 heterocycles. The van der Waals surface area contributed by atoms with E-state index in [0.29, 0.717) is 41.8 Å². The number of fused-ring (bicyclic) bond motifs is 5. The van der Waals surface area contributed by atoms with Crippen molar-refractivity contribution < 1.29 is 24.7 Å². The predicted molar refractivity (Wildman–Crippen MR) is 90.6 cm³/mol. The van der Waals surface area contributed by atoms with Gasteiger partial charge >= 0.3 is 0 Å². The monoisotopic (exact) mass is 362 g/mol. The smallest absolute Gasteiger partial charge is 0.226 e. The van der Waals surface area contributed by atoms with Gasteiger partial charge in [0.15, 0.2) is 0 Å². The molecule has 8 atom stereocenters. The summed E-state index contributed by atoms with van der Waals surface area (Å²) >= 11 is 0. The van der Waals surface area contributed by atoms with Gasteiger partial charge in [-0.05, 0) is 43.9 Å². The quantitative estimate of drug-likeness (QED) is 0.717. The lowest BCUT2D eigenvalue weighted by atomic mass is 9.66. The Morgan fingerprint density at radius 3 is 2.81 bits per heavy atom. The van der Waals surface area contributed by atoms with Crippen LogP contribution in [0.3, 0.4) is 0 Å². The summed E-state index contributed by atoms with van der Waals surface area (Å²) in [6, 6.07) is 1.35. The number of carboxylic acids is 1. The zero-order valence-corrected chi connectivity index (χ0v) is 15.3. The van der Waals surface area contributed by atoms with Crippen molar-refractivity contribution in [3.8, 4) is 0 Å². The summed E-state index contributed by atoms with van der Waals surface area (Å²) in [5.74, 6) is 1.20. The van der Waals surface area contributed by atoms with E-state index in [1.807, 2.05) is 0 Å². The molecule has 2 N–H and O–H groups in total. The van der Waals surface area contributed by atoms with Crippen LogP contribution in [0.25, 0.3) is 0 Å². The third-order valence-electron chi connectivity index (χ3n) is 8.14. The Morgan fingerprint density at radius 2 is 1.96 bits per heavy atom. The van der Waals surface area contributed by atoms with Crippen molar-refractivity contribution in [2.24, 2.45) is 23.7 Å². The standard InChI is InChI=1S/C20H30N2O4/c23-17(24)10-26-11-5-6-16-15(9-11)13-7-8-21-18-12-3-1-2-4-14(12)20(25)22(16)19(13)18/h11-16,18-19,21H,1-10H2,(H,23,24). The van der Waals surface area contributed by atoms with Crippen LogP contribution in [-0.4, -0.2) is 54.2 Å². The van der Waals surface area contributed by atoms with Crippen molar-refractivity contribution in [2.75, 3.05) is 13.2 Å². The van der Waals surface area contributed by atoms with E-state index in [0.717, 1.165) is 25.7 Å². The van der Waals surface area contributed by atoms with Crippen LogP contribution in [0.5, 0.6) is 0 Å². The van der Waals surface area contributed by atoms with Crippen molar-refractivity contribution in [3.05, 3.63) is 0 Å². The first-order valence-electron chi connectivity index (χ1n) is 10.6. The number of hydrogen-bond acceptors (Lipinski definition) is 4. The number of carbonyl (C=O) groups excluding carboxylic acids is 2. The number of piperidine rings is 2. The number of carbonyl (C=O) groups is 2. The first kappa shape index (κ1) is 17.0. The van der Waals surface area contributed by atoms with Gasteiger partial charge in [-0.3, -0.25) is 4.79 Å². The number of amides is 1. The third kappa shape index (κ3) is 2.52. The van der Waals surface area contributed by atoms with Crippen molar-refractivity contribution in [1.82, 2.24) is 4.90 Å². The second-order valence-electron chi connectivity index (χ2n) is 9.19. The molecule has 1 amide bonds. The minimum atomic E-state index is -1.14. The third-order valence-corrected chi connectivity index (χ3v) is 8.14. The Hall–Kier alpha value is -1.14. The molecule has 3 aliphatic heterocycles. The highest BCUT2D eigenvalue weighted by Crippen LogP contribution is 2.52. The fourth-order valence-electron chi connectivity index (χ4n) is 7.31. The van der Waals surface area contributed by atoms with E-state index in [1.165, 1.54) is 32.2 Å². The zero-order chi connectivity index (χ0) is 17.8. The molecule has 0 aromatic rings. The number of quaternary nitrogens is 1. The number of nitrogens with zero attached hydrogens (tertiary/aromatic N) is 1. The van der Waals surface area contributed by atoms with Gasteiger partial charge in [-0.1, -0.05) is 12.8 Å². The molecule has 144 valence electrons. The minimum Gasteiger partial charge on any atom is -0.548 e. The van der Waals surface area contributed by atoms with Crippen LogP contribution in [0.4, 0.5) is 0 Å². The average Bonchev–Trinajstić information content (AvgIpc) is 2.99. The van der Waals surface area contributed by atoms with Crippen LogP contribution in [0.2, 0.25) is 0 Å². The van der Waals surface area contributed by atoms with Gasteiger partial charge in [0.1, 0.15) is 6.04 Å². The minimum absolute atomic E-state index is 0.0113. The van der Waals surface area contributed by atoms with Crippen LogP contribution in [0.1, 0.15) is 51.4 Å². The summed E-state index contributed by atoms with van der Waals surface area (Å²) in [5.41, 5.74) is 0. The van der Waals surface area contributed by atoms with E-state index < -0.39 is 5.97 Å². The Labute approximate surface area is 154 Å². The molecule has 0 radical (unpaired) electrons. The second-order valence-corrected chi connectivity index (χ2v) is 9.19. The highest BCUT2D eigenvalue weighted by molar-refractivity contribution is 5.81. The molecular formula is C20H30N2O4. The molecular weight excluding hydrogens is 332 g/mol. The molecule has 0 spiro atoms. The number of nitrogens with two attached hydrogens (primary N) is 1. The number of carboxylic acid groups (broad SMARTS) is 1. The fraction of sp³-hybridized carbons (Fsp3) is 0.900. The molecule has 0 bridgehead atoms. The van der Waals surface area contributed by atoms with Crippen LogP contribution >= 0.6 is 0 Å². The lowest BCUT2D eigenvalue weighted by Gasteiger charge is -2.50. The molecule has 26 heavy (non-hydrogen) atoms. The van der Waals surface area contributed by atoms with E-state index in [2.05, 4.69) is 10.2 Å². The number of hydrogen-bond donors (Lipinski definition) is 1. The van der Waals surface area contributed by atoms with Crippen molar-refractivity contribution >= 4 is 11.9 Å². The van der Waals surface area contributed by atoms with Crippen molar-refractivity contribution in [3.63, 3.8) is 0 Å². The molecule has 2 aliphatic carbocycles. The van der Waals surface area contributed by atoms with E-state index in [1.54, 1.807) is 0 Å². The van der Waals surface area contributed by atoms with Gasteiger partial charge in [0.25, 0.3) is 0 Å². The van der Waals surface area contributed by atoms with Gasteiger partial charge in [0.2, 0.25) is 5.91 Å². The van der Waals surface area contributed by atoms with Crippen LogP contribution < -0.4 is 10.4 Å². The summed E-state index contributed by atoms with van der Waals surface area (Å²) in [7, 11) is 0. The molecule has 0 aromatic carbocycles. The van der Waals surface area contributed by atoms with Gasteiger partial charge in [-0.25, -0.2) is 0 Å². The Balaban J connectivity index is 1.40. The summed E-state index contributed by atoms with van der Waals surface area (Å²) in [6.07, 6.45) is 8.71. The Morgan fingerprint density at radius 1 is 1.12 bits per heavy atom. The van der Waals surface area contributed by atoms with Crippen LogP contribution in [0, 0.1) is 23.7 Å². The topological polar surface area (TPSA) is 86.3 Å². The summed E-state index contributed by atoms with van der Waals surface area (Å²) in [5, 5.41) is 13.3. The first-order valence-corrected chi connectivity index (χ1v) is 10.6. The van der Waals surface area contributed by atoms with Gasteiger partial charge in [0.05, 0.1) is 31.3 Å². The Bertz CT molecular complexity index is 596. The lowest BCUT2D eigenvalue weighted by Crippen LogP contribution is -2.98. The van der Waals surface area contributed by atoms with E-state index >= 15 is 0 Å². The lowest BCUT2D eigenvalue weighted by molar-refractivity contribution is -0.713. The number of ether oxygens (including phenoxy) is 1. The molecule has 5 fully saturated rings. The maximum Gasteiger partial charge on any atom is 0.226 e. The SMILES string of the molecule is O=C([O-])COC1CCC2C(C1)C1CC[NH2+]C3C4CCCCC4C(=O)N2C13. The fourth-order valence-corrected chi connectivity index (χ4v) is 7.31. The first-order chi connectivity index (χ1) is 12.6. The highest BCUT2D eigenvalue weighted by Gasteiger charge is 2.63. The number of aliphatic carboxylic acids is 1. The van der Waals surface area contributed by atoms with E-state index in [4.69, 9.17) is 4.74 Å². The molecule has 2 saturated carbocycles. The molecule has 5 rings (SSSR count). The molecule has 6 nitrogen and oxygen atoms in total. The molecule has 0 aromatic heterocycles. The molecule has 5 aliphatic rings. The molecule has 8 unspecified atom stereocenters. The Kier molecular flexibility index (Phi) is 4.24. The molecule has 6 heteroatoms. The van der Waals surface area contributed by atoms with E-state index in [-0.39, 0.29) is 18.6 Å². The average molecular weight is 362 g/mol. The van der Waals surface area contributed by atoms with Gasteiger partial charge in [-0.2, -0.15) is 0 Å². The molecule has 3 saturated heterocycles. The highest BCUT2D eigenvalue weighted by atomic mass is 16.5. The second kappa shape index (κ2) is 6.48. The summed E-state index contributed by atoms with van der Waals surface area (Å²) < 4.78 is 5.59. The largest absolute Gasteiger partial charge is 0.548 e.